The van der Waals surface area contributed by atoms with E-state index < -0.39 is 0 Å². The molecule has 0 aromatic carbocycles. The molecule has 17 heavy (non-hydrogen) atoms. The highest BCUT2D eigenvalue weighted by atomic mass is 32.1. The van der Waals surface area contributed by atoms with E-state index in [-0.39, 0.29) is 11.3 Å². The fourth-order valence-corrected chi connectivity index (χ4v) is 3.13. The summed E-state index contributed by atoms with van der Waals surface area (Å²) >= 11 is 1.77. The molecule has 0 radical (unpaired) electrons. The molecule has 1 aromatic rings. The van der Waals surface area contributed by atoms with Crippen molar-refractivity contribution in [2.24, 2.45) is 0 Å². The largest absolute Gasteiger partial charge is 0.337 e. The van der Waals surface area contributed by atoms with Crippen LogP contribution < -0.4 is 0 Å². The zero-order valence-electron chi connectivity index (χ0n) is 11.0. The number of carbonyl (C=O) groups is 1. The molecule has 0 N–H and O–H groups in total. The number of nitrogens with zero attached hydrogens (tertiary/aromatic N) is 2. The number of rotatable bonds is 1. The molecule has 1 aromatic heterocycles. The molecule has 1 aliphatic rings. The molecule has 2 heterocycles. The van der Waals surface area contributed by atoms with E-state index in [2.05, 4.69) is 20.8 Å². The molecule has 2 rings (SSSR count). The zero-order chi connectivity index (χ0) is 12.6. The summed E-state index contributed by atoms with van der Waals surface area (Å²) in [7, 11) is 0. The highest BCUT2D eigenvalue weighted by Crippen LogP contribution is 2.32. The smallest absolute Gasteiger partial charge is 0.222 e. The highest BCUT2D eigenvalue weighted by molar-refractivity contribution is 7.11. The average Bonchev–Trinajstić information content (AvgIpc) is 2.70. The second-order valence-electron chi connectivity index (χ2n) is 5.56. The predicted molar refractivity (Wildman–Crippen MR) is 70.2 cm³/mol. The van der Waals surface area contributed by atoms with Crippen molar-refractivity contribution in [3.8, 4) is 0 Å². The zero-order valence-corrected chi connectivity index (χ0v) is 11.9. The van der Waals surface area contributed by atoms with Gasteiger partial charge in [-0.05, 0) is 0 Å². The molecule has 3 nitrogen and oxygen atoms in total. The minimum atomic E-state index is 0.113. The second kappa shape index (κ2) is 4.41. The van der Waals surface area contributed by atoms with Crippen LogP contribution in [0.1, 0.15) is 49.7 Å². The number of hydrogen-bond acceptors (Lipinski definition) is 3. The van der Waals surface area contributed by atoms with Crippen LogP contribution in [-0.4, -0.2) is 22.3 Å². The van der Waals surface area contributed by atoms with Gasteiger partial charge in [0.05, 0.1) is 17.2 Å². The summed E-state index contributed by atoms with van der Waals surface area (Å²) in [4.78, 5) is 19.6. The van der Waals surface area contributed by atoms with Gasteiger partial charge in [0, 0.05) is 29.7 Å². The van der Waals surface area contributed by atoms with Gasteiger partial charge in [-0.15, -0.1) is 11.3 Å². The van der Waals surface area contributed by atoms with Crippen LogP contribution in [0, 0.1) is 0 Å². The monoisotopic (exact) mass is 252 g/mol. The molecule has 0 bridgehead atoms. The van der Waals surface area contributed by atoms with E-state index in [1.807, 2.05) is 11.8 Å². The molecule has 4 heteroatoms. The summed E-state index contributed by atoms with van der Waals surface area (Å²) in [6.07, 6.45) is 1.51. The van der Waals surface area contributed by atoms with Gasteiger partial charge in [0.15, 0.2) is 0 Å². The summed E-state index contributed by atoms with van der Waals surface area (Å²) in [5.41, 5.74) is 1.32. The Morgan fingerprint density at radius 2 is 2.18 bits per heavy atom. The van der Waals surface area contributed by atoms with Gasteiger partial charge in [-0.2, -0.15) is 0 Å². The molecule has 0 saturated carbocycles. The fraction of sp³-hybridized carbons (Fsp3) is 0.692. The maximum absolute atomic E-state index is 11.7. The Balaban J connectivity index is 2.21. The normalized spacial score (nSPS) is 15.9. The van der Waals surface area contributed by atoms with Crippen LogP contribution in [0.2, 0.25) is 0 Å². The van der Waals surface area contributed by atoms with Crippen molar-refractivity contribution in [2.45, 2.75) is 52.5 Å². The van der Waals surface area contributed by atoms with Gasteiger partial charge in [0.25, 0.3) is 0 Å². The van der Waals surface area contributed by atoms with E-state index in [9.17, 15) is 4.79 Å². The Kier molecular flexibility index (Phi) is 3.25. The van der Waals surface area contributed by atoms with E-state index in [0.717, 1.165) is 19.5 Å². The minimum absolute atomic E-state index is 0.113. The number of aromatic nitrogens is 1. The third-order valence-electron chi connectivity index (χ3n) is 3.03. The third-order valence-corrected chi connectivity index (χ3v) is 4.54. The minimum Gasteiger partial charge on any atom is -0.337 e. The van der Waals surface area contributed by atoms with E-state index in [1.54, 1.807) is 11.3 Å². The summed E-state index contributed by atoms with van der Waals surface area (Å²) in [6, 6.07) is 0. The van der Waals surface area contributed by atoms with E-state index in [4.69, 9.17) is 4.98 Å². The molecular formula is C13H20N2OS. The molecular weight excluding hydrogens is 232 g/mol. The Morgan fingerprint density at radius 3 is 2.76 bits per heavy atom. The lowest BCUT2D eigenvalue weighted by molar-refractivity contribution is -0.131. The van der Waals surface area contributed by atoms with Crippen molar-refractivity contribution in [3.05, 3.63) is 15.6 Å². The van der Waals surface area contributed by atoms with Crippen LogP contribution in [0.3, 0.4) is 0 Å². The molecule has 94 valence electrons. The topological polar surface area (TPSA) is 33.2 Å². The first-order chi connectivity index (χ1) is 7.91. The van der Waals surface area contributed by atoms with Crippen LogP contribution in [0.15, 0.2) is 0 Å². The van der Waals surface area contributed by atoms with E-state index >= 15 is 0 Å². The Hall–Kier alpha value is -0.900. The van der Waals surface area contributed by atoms with Crippen molar-refractivity contribution in [3.63, 3.8) is 0 Å². The number of hydrogen-bond donors (Lipinski definition) is 0. The number of fused-ring (bicyclic) bond motifs is 1. The van der Waals surface area contributed by atoms with Crippen molar-refractivity contribution >= 4 is 17.2 Å². The Labute approximate surface area is 107 Å². The predicted octanol–water partition coefficient (Wildman–Crippen LogP) is 2.74. The SMILES string of the molecule is CCC(=O)N1CCc2nc(C(C)(C)C)sc2C1. The molecule has 1 aliphatic heterocycles. The molecule has 0 spiro atoms. The van der Waals surface area contributed by atoms with Gasteiger partial charge in [-0.25, -0.2) is 4.98 Å². The lowest BCUT2D eigenvalue weighted by Crippen LogP contribution is -2.34. The maximum atomic E-state index is 11.7. The number of amides is 1. The third kappa shape index (κ3) is 2.51. The quantitative estimate of drug-likeness (QED) is 0.770. The van der Waals surface area contributed by atoms with Gasteiger partial charge in [-0.1, -0.05) is 27.7 Å². The maximum Gasteiger partial charge on any atom is 0.222 e. The van der Waals surface area contributed by atoms with Crippen molar-refractivity contribution in [1.82, 2.24) is 9.88 Å². The molecule has 0 saturated heterocycles. The number of carbonyl (C=O) groups excluding carboxylic acids is 1. The Morgan fingerprint density at radius 1 is 1.47 bits per heavy atom. The summed E-state index contributed by atoms with van der Waals surface area (Å²) in [6.45, 7) is 10.1. The first kappa shape index (κ1) is 12.6. The van der Waals surface area contributed by atoms with E-state index in [1.165, 1.54) is 15.6 Å². The highest BCUT2D eigenvalue weighted by Gasteiger charge is 2.26. The van der Waals surface area contributed by atoms with Crippen LogP contribution in [0.5, 0.6) is 0 Å². The lowest BCUT2D eigenvalue weighted by Gasteiger charge is -2.25. The van der Waals surface area contributed by atoms with Gasteiger partial charge in [-0.3, -0.25) is 4.79 Å². The summed E-state index contributed by atoms with van der Waals surface area (Å²) in [5.74, 6) is 0.251. The fourth-order valence-electron chi connectivity index (χ4n) is 1.95. The molecule has 0 unspecified atom stereocenters. The second-order valence-corrected chi connectivity index (χ2v) is 6.64. The standard InChI is InChI=1S/C13H20N2OS/c1-5-11(16)15-7-6-9-10(8-15)17-12(14-9)13(2,3)4/h5-8H2,1-4H3. The summed E-state index contributed by atoms with van der Waals surface area (Å²) in [5, 5.41) is 1.19. The molecule has 0 fully saturated rings. The van der Waals surface area contributed by atoms with Gasteiger partial charge >= 0.3 is 0 Å². The van der Waals surface area contributed by atoms with Gasteiger partial charge in [0.2, 0.25) is 5.91 Å². The first-order valence-electron chi connectivity index (χ1n) is 6.18. The van der Waals surface area contributed by atoms with Crippen molar-refractivity contribution in [2.75, 3.05) is 6.54 Å². The molecule has 0 atom stereocenters. The van der Waals surface area contributed by atoms with Crippen LogP contribution in [0.25, 0.3) is 0 Å². The van der Waals surface area contributed by atoms with E-state index in [0.29, 0.717) is 6.42 Å². The van der Waals surface area contributed by atoms with Crippen LogP contribution in [0.4, 0.5) is 0 Å². The average molecular weight is 252 g/mol. The molecule has 0 aliphatic carbocycles. The lowest BCUT2D eigenvalue weighted by atomic mass is 9.98. The molecule has 1 amide bonds. The summed E-state index contributed by atoms with van der Waals surface area (Å²) < 4.78 is 0. The van der Waals surface area contributed by atoms with Gasteiger partial charge in [0.1, 0.15) is 0 Å². The first-order valence-corrected chi connectivity index (χ1v) is 7.00. The van der Waals surface area contributed by atoms with Crippen LogP contribution >= 0.6 is 11.3 Å². The van der Waals surface area contributed by atoms with Crippen LogP contribution in [-0.2, 0) is 23.2 Å². The Bertz CT molecular complexity index is 431. The van der Waals surface area contributed by atoms with Gasteiger partial charge < -0.3 is 4.90 Å². The van der Waals surface area contributed by atoms with Crippen molar-refractivity contribution in [1.29, 1.82) is 0 Å². The van der Waals surface area contributed by atoms with Crippen molar-refractivity contribution < 1.29 is 4.79 Å². The number of thiazole rings is 1.